The number of methoxy groups -OCH3 is 3. The van der Waals surface area contributed by atoms with Gasteiger partial charge in [0.25, 0.3) is 0 Å². The summed E-state index contributed by atoms with van der Waals surface area (Å²) in [6, 6.07) is 12.6. The van der Waals surface area contributed by atoms with Gasteiger partial charge in [0.2, 0.25) is 10.0 Å². The van der Waals surface area contributed by atoms with E-state index in [1.165, 1.54) is 24.6 Å². The molecule has 0 aromatic heterocycles. The Labute approximate surface area is 154 Å². The molecule has 2 aromatic rings. The quantitative estimate of drug-likeness (QED) is 0.774. The minimum atomic E-state index is -3.66. The first-order chi connectivity index (χ1) is 12.5. The summed E-state index contributed by atoms with van der Waals surface area (Å²) in [6.07, 6.45) is 0.776. The summed E-state index contributed by atoms with van der Waals surface area (Å²) in [7, 11) is 0.932. The SMILES string of the molecule is COc1ccc(C2CCN(S(=O)(=O)c3cc(OC)ccc3OC)C2)cc1. The van der Waals surface area contributed by atoms with Gasteiger partial charge in [0.15, 0.2) is 0 Å². The van der Waals surface area contributed by atoms with Crippen molar-refractivity contribution in [1.82, 2.24) is 4.31 Å². The van der Waals surface area contributed by atoms with Crippen molar-refractivity contribution in [3.8, 4) is 17.2 Å². The van der Waals surface area contributed by atoms with E-state index in [0.29, 0.717) is 24.6 Å². The van der Waals surface area contributed by atoms with Crippen LogP contribution in [0.15, 0.2) is 47.4 Å². The van der Waals surface area contributed by atoms with Gasteiger partial charge in [-0.15, -0.1) is 0 Å². The Morgan fingerprint density at radius 2 is 1.58 bits per heavy atom. The molecule has 0 aliphatic carbocycles. The zero-order valence-electron chi connectivity index (χ0n) is 15.1. The van der Waals surface area contributed by atoms with E-state index in [9.17, 15) is 8.42 Å². The van der Waals surface area contributed by atoms with Crippen molar-refractivity contribution >= 4 is 10.0 Å². The monoisotopic (exact) mass is 377 g/mol. The van der Waals surface area contributed by atoms with Crippen LogP contribution in [0.25, 0.3) is 0 Å². The van der Waals surface area contributed by atoms with Crippen LogP contribution in [-0.4, -0.2) is 47.1 Å². The molecule has 0 saturated carbocycles. The maximum absolute atomic E-state index is 13.1. The number of sulfonamides is 1. The molecule has 0 bridgehead atoms. The van der Waals surface area contributed by atoms with Crippen molar-refractivity contribution in [1.29, 1.82) is 0 Å². The molecule has 1 fully saturated rings. The third-order valence-electron chi connectivity index (χ3n) is 4.73. The van der Waals surface area contributed by atoms with E-state index < -0.39 is 10.0 Å². The number of benzene rings is 2. The number of nitrogens with zero attached hydrogens (tertiary/aromatic N) is 1. The van der Waals surface area contributed by atoms with Gasteiger partial charge in [0.05, 0.1) is 21.3 Å². The summed E-state index contributed by atoms with van der Waals surface area (Å²) in [5, 5.41) is 0. The molecule has 7 heteroatoms. The second-order valence-electron chi connectivity index (χ2n) is 6.14. The van der Waals surface area contributed by atoms with Crippen LogP contribution in [0, 0.1) is 0 Å². The summed E-state index contributed by atoms with van der Waals surface area (Å²) in [5.41, 5.74) is 1.11. The lowest BCUT2D eigenvalue weighted by molar-refractivity contribution is 0.388. The normalized spacial score (nSPS) is 17.9. The van der Waals surface area contributed by atoms with Crippen molar-refractivity contribution < 1.29 is 22.6 Å². The van der Waals surface area contributed by atoms with E-state index >= 15 is 0 Å². The number of ether oxygens (including phenoxy) is 3. The molecule has 0 N–H and O–H groups in total. The van der Waals surface area contributed by atoms with Gasteiger partial charge in [-0.2, -0.15) is 4.31 Å². The maximum Gasteiger partial charge on any atom is 0.246 e. The van der Waals surface area contributed by atoms with Crippen molar-refractivity contribution in [3.05, 3.63) is 48.0 Å². The topological polar surface area (TPSA) is 65.1 Å². The Kier molecular flexibility index (Phi) is 5.38. The highest BCUT2D eigenvalue weighted by molar-refractivity contribution is 7.89. The summed E-state index contributed by atoms with van der Waals surface area (Å²) in [6.45, 7) is 0.911. The second kappa shape index (κ2) is 7.55. The van der Waals surface area contributed by atoms with Crippen molar-refractivity contribution in [2.45, 2.75) is 17.2 Å². The van der Waals surface area contributed by atoms with Crippen LogP contribution >= 0.6 is 0 Å². The van der Waals surface area contributed by atoms with Crippen LogP contribution < -0.4 is 14.2 Å². The highest BCUT2D eigenvalue weighted by Gasteiger charge is 2.35. The first-order valence-corrected chi connectivity index (χ1v) is 9.79. The van der Waals surface area contributed by atoms with Crippen molar-refractivity contribution in [2.24, 2.45) is 0 Å². The molecule has 140 valence electrons. The first kappa shape index (κ1) is 18.5. The van der Waals surface area contributed by atoms with Crippen molar-refractivity contribution in [2.75, 3.05) is 34.4 Å². The number of rotatable bonds is 6. The fraction of sp³-hybridized carbons (Fsp3) is 0.368. The molecule has 2 aromatic carbocycles. The van der Waals surface area contributed by atoms with Crippen molar-refractivity contribution in [3.63, 3.8) is 0 Å². The van der Waals surface area contributed by atoms with Gasteiger partial charge < -0.3 is 14.2 Å². The molecule has 1 aliphatic rings. The van der Waals surface area contributed by atoms with Gasteiger partial charge in [-0.25, -0.2) is 8.42 Å². The van der Waals surface area contributed by atoms with Gasteiger partial charge >= 0.3 is 0 Å². The van der Waals surface area contributed by atoms with E-state index in [0.717, 1.165) is 17.7 Å². The van der Waals surface area contributed by atoms with Crippen LogP contribution in [-0.2, 0) is 10.0 Å². The minimum absolute atomic E-state index is 0.134. The molecule has 26 heavy (non-hydrogen) atoms. The molecular weight excluding hydrogens is 354 g/mol. The van der Waals surface area contributed by atoms with E-state index in [1.807, 2.05) is 24.3 Å². The summed E-state index contributed by atoms with van der Waals surface area (Å²) < 4.78 is 43.4. The molecule has 1 unspecified atom stereocenters. The Morgan fingerprint density at radius 1 is 0.923 bits per heavy atom. The predicted octanol–water partition coefficient (Wildman–Crippen LogP) is 2.89. The molecule has 0 spiro atoms. The molecule has 1 saturated heterocycles. The molecule has 1 heterocycles. The average Bonchev–Trinajstić information content (AvgIpc) is 3.18. The van der Waals surface area contributed by atoms with Crippen LogP contribution in [0.1, 0.15) is 17.9 Å². The highest BCUT2D eigenvalue weighted by atomic mass is 32.2. The molecule has 1 atom stereocenters. The molecule has 0 radical (unpaired) electrons. The zero-order valence-corrected chi connectivity index (χ0v) is 16.0. The molecule has 0 amide bonds. The summed E-state index contributed by atoms with van der Waals surface area (Å²) >= 11 is 0. The lowest BCUT2D eigenvalue weighted by Gasteiger charge is -2.19. The van der Waals surface area contributed by atoms with Gasteiger partial charge in [0, 0.05) is 19.2 Å². The second-order valence-corrected chi connectivity index (χ2v) is 8.04. The van der Waals surface area contributed by atoms with Crippen LogP contribution in [0.4, 0.5) is 0 Å². The standard InChI is InChI=1S/C19H23NO5S/c1-23-16-6-4-14(5-7-16)15-10-11-20(13-15)26(21,22)19-12-17(24-2)8-9-18(19)25-3/h4-9,12,15H,10-11,13H2,1-3H3. The Hall–Kier alpha value is -2.25. The van der Waals surface area contributed by atoms with Gasteiger partial charge in [-0.1, -0.05) is 12.1 Å². The maximum atomic E-state index is 13.1. The molecular formula is C19H23NO5S. The van der Waals surface area contributed by atoms with Gasteiger partial charge in [-0.05, 0) is 42.2 Å². The van der Waals surface area contributed by atoms with E-state index in [4.69, 9.17) is 14.2 Å². The van der Waals surface area contributed by atoms with E-state index in [2.05, 4.69) is 0 Å². The zero-order chi connectivity index (χ0) is 18.7. The van der Waals surface area contributed by atoms with Crippen LogP contribution in [0.5, 0.6) is 17.2 Å². The minimum Gasteiger partial charge on any atom is -0.497 e. The largest absolute Gasteiger partial charge is 0.497 e. The van der Waals surface area contributed by atoms with Crippen LogP contribution in [0.2, 0.25) is 0 Å². The number of hydrogen-bond donors (Lipinski definition) is 0. The molecule has 3 rings (SSSR count). The third-order valence-corrected chi connectivity index (χ3v) is 6.61. The fourth-order valence-corrected chi connectivity index (χ4v) is 4.89. The Bertz CT molecular complexity index is 864. The molecule has 6 nitrogen and oxygen atoms in total. The fourth-order valence-electron chi connectivity index (χ4n) is 3.22. The third kappa shape index (κ3) is 3.50. The lowest BCUT2D eigenvalue weighted by Crippen LogP contribution is -2.29. The lowest BCUT2D eigenvalue weighted by atomic mass is 9.99. The Balaban J connectivity index is 1.85. The molecule has 1 aliphatic heterocycles. The van der Waals surface area contributed by atoms with E-state index in [-0.39, 0.29) is 10.8 Å². The number of hydrogen-bond acceptors (Lipinski definition) is 5. The highest BCUT2D eigenvalue weighted by Crippen LogP contribution is 2.35. The first-order valence-electron chi connectivity index (χ1n) is 8.35. The van der Waals surface area contributed by atoms with Crippen LogP contribution in [0.3, 0.4) is 0 Å². The van der Waals surface area contributed by atoms with E-state index in [1.54, 1.807) is 19.2 Å². The summed E-state index contributed by atoms with van der Waals surface area (Å²) in [5.74, 6) is 1.75. The van der Waals surface area contributed by atoms with Gasteiger partial charge in [0.1, 0.15) is 22.1 Å². The van der Waals surface area contributed by atoms with Gasteiger partial charge in [-0.3, -0.25) is 0 Å². The average molecular weight is 377 g/mol. The smallest absolute Gasteiger partial charge is 0.246 e. The Morgan fingerprint density at radius 3 is 2.19 bits per heavy atom. The predicted molar refractivity (Wildman–Crippen MR) is 98.7 cm³/mol. The summed E-state index contributed by atoms with van der Waals surface area (Å²) in [4.78, 5) is 0.134.